The van der Waals surface area contributed by atoms with E-state index in [0.29, 0.717) is 0 Å². The maximum atomic E-state index is 11.5. The minimum atomic E-state index is -4.55. The molecule has 0 spiro atoms. The molecule has 0 bridgehead atoms. The van der Waals surface area contributed by atoms with Crippen molar-refractivity contribution < 1.29 is 22.8 Å². The summed E-state index contributed by atoms with van der Waals surface area (Å²) in [5, 5.41) is 0. The third-order valence-electron chi connectivity index (χ3n) is 1.72. The molecule has 1 aromatic rings. The summed E-state index contributed by atoms with van der Waals surface area (Å²) in [7, 11) is -8.45. The van der Waals surface area contributed by atoms with Crippen molar-refractivity contribution in [2.24, 2.45) is 0 Å². The van der Waals surface area contributed by atoms with Crippen molar-refractivity contribution in [3.63, 3.8) is 0 Å². The normalized spacial score (nSPS) is 12.7. The summed E-state index contributed by atoms with van der Waals surface area (Å²) in [6.07, 6.45) is 0. The van der Waals surface area contributed by atoms with Gasteiger partial charge in [0.05, 0.1) is 4.90 Å². The lowest BCUT2D eigenvalue weighted by Gasteiger charge is -2.05. The zero-order valence-electron chi connectivity index (χ0n) is 7.99. The lowest BCUT2D eigenvalue weighted by atomic mass is 10.2. The molecule has 0 aliphatic rings. The number of hydrogen-bond acceptors (Lipinski definition) is 3. The lowest BCUT2D eigenvalue weighted by molar-refractivity contribution is 0.378. The minimum absolute atomic E-state index is 0.0728. The van der Waals surface area contributed by atoms with Crippen LogP contribution in [0.3, 0.4) is 0 Å². The van der Waals surface area contributed by atoms with Crippen molar-refractivity contribution >= 4 is 17.4 Å². The lowest BCUT2D eigenvalue weighted by Crippen LogP contribution is -2.07. The summed E-state index contributed by atoms with van der Waals surface area (Å²) in [6.45, 7) is 1.79. The van der Waals surface area contributed by atoms with Gasteiger partial charge in [0.25, 0.3) is 0 Å². The van der Waals surface area contributed by atoms with E-state index in [1.165, 1.54) is 12.1 Å². The van der Waals surface area contributed by atoms with Gasteiger partial charge >= 0.3 is 7.60 Å². The van der Waals surface area contributed by atoms with E-state index in [4.69, 9.17) is 9.79 Å². The Hall–Kier alpha value is -0.680. The highest BCUT2D eigenvalue weighted by Crippen LogP contribution is 2.37. The number of rotatable bonds is 3. The van der Waals surface area contributed by atoms with Crippen molar-refractivity contribution in [2.75, 3.05) is 5.49 Å². The third-order valence-corrected chi connectivity index (χ3v) is 5.41. The summed E-state index contributed by atoms with van der Waals surface area (Å²) < 4.78 is 33.5. The Bertz CT molecular complexity index is 484. The molecule has 0 saturated heterocycles. The first-order valence-corrected chi connectivity index (χ1v) is 7.50. The van der Waals surface area contributed by atoms with Crippen LogP contribution in [0.5, 0.6) is 0 Å². The highest BCUT2D eigenvalue weighted by Gasteiger charge is 2.26. The summed E-state index contributed by atoms with van der Waals surface area (Å²) >= 11 is 0. The molecular weight excluding hydrogens is 239 g/mol. The molecular formula is C8H11O5PS. The minimum Gasteiger partial charge on any atom is -0.324 e. The fourth-order valence-electron chi connectivity index (χ4n) is 1.04. The molecule has 84 valence electrons. The van der Waals surface area contributed by atoms with Crippen molar-refractivity contribution in [3.8, 4) is 0 Å². The Kier molecular flexibility index (Phi) is 3.35. The van der Waals surface area contributed by atoms with E-state index >= 15 is 0 Å². The Morgan fingerprint density at radius 3 is 2.07 bits per heavy atom. The van der Waals surface area contributed by atoms with Crippen molar-refractivity contribution in [3.05, 3.63) is 29.8 Å². The largest absolute Gasteiger partial charge is 0.340 e. The first kappa shape index (κ1) is 12.4. The maximum absolute atomic E-state index is 11.5. The van der Waals surface area contributed by atoms with Crippen LogP contribution in [-0.4, -0.2) is 23.7 Å². The first-order chi connectivity index (χ1) is 6.71. The predicted molar refractivity (Wildman–Crippen MR) is 55.3 cm³/mol. The summed E-state index contributed by atoms with van der Waals surface area (Å²) in [5.74, 6) is 0. The predicted octanol–water partition coefficient (Wildman–Crippen LogP) is 0.904. The fraction of sp³-hybridized carbons (Fsp3) is 0.250. The fourth-order valence-corrected chi connectivity index (χ4v) is 3.96. The van der Waals surface area contributed by atoms with Crippen LogP contribution in [0.1, 0.15) is 5.56 Å². The van der Waals surface area contributed by atoms with Gasteiger partial charge in [-0.2, -0.15) is 0 Å². The van der Waals surface area contributed by atoms with Crippen molar-refractivity contribution in [2.45, 2.75) is 11.8 Å². The molecule has 0 radical (unpaired) electrons. The summed E-state index contributed by atoms with van der Waals surface area (Å²) in [6, 6.07) is 5.82. The molecule has 2 N–H and O–H groups in total. The van der Waals surface area contributed by atoms with Gasteiger partial charge in [-0.15, -0.1) is 0 Å². The standard InChI is InChI=1S/C8H11O5PS/c1-7-2-4-8(5-3-7)15(12,13)6-14(9,10)11/h2-5H,6H2,1H3,(H2,9,10,11). The van der Waals surface area contributed by atoms with E-state index in [9.17, 15) is 13.0 Å². The topological polar surface area (TPSA) is 91.7 Å². The van der Waals surface area contributed by atoms with Crippen LogP contribution in [0, 0.1) is 6.92 Å². The molecule has 0 unspecified atom stereocenters. The molecule has 1 aromatic carbocycles. The quantitative estimate of drug-likeness (QED) is 0.778. The van der Waals surface area contributed by atoms with Crippen LogP contribution in [-0.2, 0) is 14.4 Å². The molecule has 0 aromatic heterocycles. The van der Waals surface area contributed by atoms with Gasteiger partial charge in [-0.1, -0.05) is 17.7 Å². The number of benzene rings is 1. The number of hydrogen-bond donors (Lipinski definition) is 2. The SMILES string of the molecule is Cc1ccc(S(=O)(=O)CP(=O)(O)O)cc1. The van der Waals surface area contributed by atoms with Gasteiger partial charge in [0.15, 0.2) is 15.3 Å². The smallest absolute Gasteiger partial charge is 0.324 e. The van der Waals surface area contributed by atoms with Crippen molar-refractivity contribution in [1.82, 2.24) is 0 Å². The Labute approximate surface area is 87.8 Å². The first-order valence-electron chi connectivity index (χ1n) is 4.05. The van der Waals surface area contributed by atoms with Gasteiger partial charge in [0.1, 0.15) is 0 Å². The number of aryl methyl sites for hydroxylation is 1. The van der Waals surface area contributed by atoms with Gasteiger partial charge in [0, 0.05) is 0 Å². The summed E-state index contributed by atoms with van der Waals surface area (Å²) in [4.78, 5) is 17.1. The highest BCUT2D eigenvalue weighted by molar-refractivity contribution is 7.97. The van der Waals surface area contributed by atoms with Crippen LogP contribution < -0.4 is 0 Å². The van der Waals surface area contributed by atoms with Crippen LogP contribution >= 0.6 is 7.60 Å². The van der Waals surface area contributed by atoms with Gasteiger partial charge in [0.2, 0.25) is 0 Å². The molecule has 0 amide bonds. The van der Waals surface area contributed by atoms with E-state index in [1.807, 2.05) is 0 Å². The van der Waals surface area contributed by atoms with Crippen LogP contribution in [0.15, 0.2) is 29.2 Å². The Balaban J connectivity index is 3.07. The zero-order chi connectivity index (χ0) is 11.7. The van der Waals surface area contributed by atoms with E-state index < -0.39 is 22.9 Å². The van der Waals surface area contributed by atoms with Gasteiger partial charge in [-0.3, -0.25) is 4.57 Å². The molecule has 0 heterocycles. The molecule has 0 atom stereocenters. The monoisotopic (exact) mass is 250 g/mol. The maximum Gasteiger partial charge on any atom is 0.340 e. The molecule has 1 rings (SSSR count). The molecule has 0 aliphatic carbocycles. The van der Waals surface area contributed by atoms with E-state index in [2.05, 4.69) is 0 Å². The van der Waals surface area contributed by atoms with Gasteiger partial charge < -0.3 is 9.79 Å². The Morgan fingerprint density at radius 2 is 1.67 bits per heavy atom. The van der Waals surface area contributed by atoms with E-state index in [1.54, 1.807) is 19.1 Å². The average Bonchev–Trinajstić information content (AvgIpc) is 2.00. The van der Waals surface area contributed by atoms with Gasteiger partial charge in [-0.25, -0.2) is 8.42 Å². The van der Waals surface area contributed by atoms with Crippen LogP contribution in [0.4, 0.5) is 0 Å². The second-order valence-corrected chi connectivity index (χ2v) is 7.28. The molecule has 5 nitrogen and oxygen atoms in total. The summed E-state index contributed by atoms with van der Waals surface area (Å²) in [5.41, 5.74) is -0.270. The zero-order valence-corrected chi connectivity index (χ0v) is 9.70. The molecule has 0 fully saturated rings. The highest BCUT2D eigenvalue weighted by atomic mass is 32.2. The molecule has 0 aliphatic heterocycles. The van der Waals surface area contributed by atoms with E-state index in [0.717, 1.165) is 5.56 Å². The molecule has 0 saturated carbocycles. The van der Waals surface area contributed by atoms with Gasteiger partial charge in [-0.05, 0) is 19.1 Å². The molecule has 7 heteroatoms. The van der Waals surface area contributed by atoms with Crippen LogP contribution in [0.2, 0.25) is 0 Å². The third kappa shape index (κ3) is 3.76. The Morgan fingerprint density at radius 1 is 1.20 bits per heavy atom. The van der Waals surface area contributed by atoms with E-state index in [-0.39, 0.29) is 4.90 Å². The number of sulfone groups is 1. The second-order valence-electron chi connectivity index (χ2n) is 3.22. The second kappa shape index (κ2) is 4.06. The average molecular weight is 250 g/mol. The van der Waals surface area contributed by atoms with Crippen LogP contribution in [0.25, 0.3) is 0 Å². The molecule has 15 heavy (non-hydrogen) atoms. The van der Waals surface area contributed by atoms with Crippen molar-refractivity contribution in [1.29, 1.82) is 0 Å².